The lowest BCUT2D eigenvalue weighted by atomic mass is 10.2. The van der Waals surface area contributed by atoms with Crippen LogP contribution in [0.3, 0.4) is 0 Å². The molecule has 0 spiro atoms. The molecule has 0 saturated heterocycles. The molecule has 1 fully saturated rings. The minimum absolute atomic E-state index is 0. The van der Waals surface area contributed by atoms with Crippen molar-refractivity contribution in [3.63, 3.8) is 0 Å². The summed E-state index contributed by atoms with van der Waals surface area (Å²) >= 11 is 0. The average Bonchev–Trinajstić information content (AvgIpc) is 3.09. The number of hydrogen-bond donors (Lipinski definition) is 1. The molecule has 0 unspecified atom stereocenters. The molecule has 1 aliphatic rings. The van der Waals surface area contributed by atoms with Gasteiger partial charge < -0.3 is 5.73 Å². The van der Waals surface area contributed by atoms with E-state index in [-0.39, 0.29) is 24.8 Å². The zero-order valence-electron chi connectivity index (χ0n) is 10.0. The van der Waals surface area contributed by atoms with Gasteiger partial charge in [-0.2, -0.15) is 0 Å². The number of nitrogens with two attached hydrogens (primary N) is 1. The summed E-state index contributed by atoms with van der Waals surface area (Å²) in [5.41, 5.74) is 6.98. The lowest BCUT2D eigenvalue weighted by molar-refractivity contribution is 0.253. The highest BCUT2D eigenvalue weighted by molar-refractivity contribution is 5.85. The van der Waals surface area contributed by atoms with Crippen LogP contribution in [-0.2, 0) is 6.54 Å². The van der Waals surface area contributed by atoms with Crippen LogP contribution >= 0.6 is 24.8 Å². The monoisotopic (exact) mass is 276 g/mol. The van der Waals surface area contributed by atoms with Crippen molar-refractivity contribution in [3.05, 3.63) is 35.9 Å². The maximum absolute atomic E-state index is 5.56. The summed E-state index contributed by atoms with van der Waals surface area (Å²) in [5.74, 6) is 0. The van der Waals surface area contributed by atoms with E-state index in [4.69, 9.17) is 5.73 Å². The van der Waals surface area contributed by atoms with Crippen LogP contribution in [0.1, 0.15) is 24.8 Å². The summed E-state index contributed by atoms with van der Waals surface area (Å²) in [6.07, 6.45) is 3.86. The summed E-state index contributed by atoms with van der Waals surface area (Å²) in [7, 11) is 0. The number of nitrogens with zero attached hydrogens (tertiary/aromatic N) is 1. The van der Waals surface area contributed by atoms with E-state index in [1.54, 1.807) is 0 Å². The molecular weight excluding hydrogens is 255 g/mol. The fraction of sp³-hybridized carbons (Fsp3) is 0.538. The molecule has 2 nitrogen and oxygen atoms in total. The molecule has 0 aromatic heterocycles. The van der Waals surface area contributed by atoms with Gasteiger partial charge in [0.05, 0.1) is 0 Å². The smallest absolute Gasteiger partial charge is 0.0236 e. The number of rotatable bonds is 6. The minimum Gasteiger partial charge on any atom is -0.330 e. The van der Waals surface area contributed by atoms with Crippen molar-refractivity contribution in [3.8, 4) is 0 Å². The Hall–Kier alpha value is -0.280. The van der Waals surface area contributed by atoms with E-state index in [9.17, 15) is 0 Å². The second-order valence-corrected chi connectivity index (χ2v) is 4.33. The number of benzene rings is 1. The Balaban J connectivity index is 0.00000128. The van der Waals surface area contributed by atoms with Crippen molar-refractivity contribution >= 4 is 24.8 Å². The quantitative estimate of drug-likeness (QED) is 0.866. The largest absolute Gasteiger partial charge is 0.330 e. The van der Waals surface area contributed by atoms with Gasteiger partial charge in [-0.25, -0.2) is 0 Å². The Labute approximate surface area is 116 Å². The van der Waals surface area contributed by atoms with Gasteiger partial charge in [-0.3, -0.25) is 4.90 Å². The Kier molecular flexibility index (Phi) is 8.61. The molecule has 1 aromatic carbocycles. The Bertz CT molecular complexity index is 289. The highest BCUT2D eigenvalue weighted by atomic mass is 35.5. The predicted molar refractivity (Wildman–Crippen MR) is 78.0 cm³/mol. The average molecular weight is 277 g/mol. The maximum atomic E-state index is 5.56. The molecule has 2 N–H and O–H groups in total. The van der Waals surface area contributed by atoms with Crippen LogP contribution in [0.2, 0.25) is 0 Å². The molecule has 0 radical (unpaired) electrons. The lowest BCUT2D eigenvalue weighted by Crippen LogP contribution is -2.28. The first-order valence-electron chi connectivity index (χ1n) is 5.88. The topological polar surface area (TPSA) is 29.3 Å². The third-order valence-corrected chi connectivity index (χ3v) is 2.94. The molecule has 1 aromatic rings. The van der Waals surface area contributed by atoms with Crippen molar-refractivity contribution < 1.29 is 0 Å². The van der Waals surface area contributed by atoms with Crippen LogP contribution in [0.5, 0.6) is 0 Å². The lowest BCUT2D eigenvalue weighted by Gasteiger charge is -2.21. The van der Waals surface area contributed by atoms with E-state index in [0.717, 1.165) is 32.1 Å². The van der Waals surface area contributed by atoms with Crippen LogP contribution < -0.4 is 5.73 Å². The van der Waals surface area contributed by atoms with E-state index >= 15 is 0 Å². The highest BCUT2D eigenvalue weighted by Crippen LogP contribution is 2.28. The first kappa shape index (κ1) is 16.7. The first-order chi connectivity index (χ1) is 7.40. The van der Waals surface area contributed by atoms with Crippen molar-refractivity contribution in [1.82, 2.24) is 4.90 Å². The minimum atomic E-state index is 0. The van der Waals surface area contributed by atoms with Gasteiger partial charge in [-0.05, 0) is 37.9 Å². The van der Waals surface area contributed by atoms with Crippen LogP contribution in [0.25, 0.3) is 0 Å². The van der Waals surface area contributed by atoms with Crippen LogP contribution in [0, 0.1) is 0 Å². The maximum Gasteiger partial charge on any atom is 0.0236 e. The molecule has 2 rings (SSSR count). The molecule has 0 bridgehead atoms. The van der Waals surface area contributed by atoms with Crippen molar-refractivity contribution in [2.45, 2.75) is 31.8 Å². The first-order valence-corrected chi connectivity index (χ1v) is 5.88. The third-order valence-electron chi connectivity index (χ3n) is 2.94. The molecule has 98 valence electrons. The van der Waals surface area contributed by atoms with Crippen LogP contribution in [0.15, 0.2) is 30.3 Å². The van der Waals surface area contributed by atoms with Gasteiger partial charge in [0.2, 0.25) is 0 Å². The van der Waals surface area contributed by atoms with Gasteiger partial charge in [0, 0.05) is 12.6 Å². The van der Waals surface area contributed by atoms with E-state index in [1.165, 1.54) is 18.4 Å². The summed E-state index contributed by atoms with van der Waals surface area (Å²) in [6, 6.07) is 11.5. The van der Waals surface area contributed by atoms with Gasteiger partial charge in [-0.15, -0.1) is 24.8 Å². The van der Waals surface area contributed by atoms with Gasteiger partial charge in [0.1, 0.15) is 0 Å². The van der Waals surface area contributed by atoms with Gasteiger partial charge in [0.25, 0.3) is 0 Å². The molecule has 0 heterocycles. The highest BCUT2D eigenvalue weighted by Gasteiger charge is 2.28. The zero-order chi connectivity index (χ0) is 10.5. The number of hydrogen-bond acceptors (Lipinski definition) is 2. The zero-order valence-corrected chi connectivity index (χ0v) is 11.7. The van der Waals surface area contributed by atoms with Crippen LogP contribution in [0.4, 0.5) is 0 Å². The van der Waals surface area contributed by atoms with Crippen molar-refractivity contribution in [1.29, 1.82) is 0 Å². The summed E-state index contributed by atoms with van der Waals surface area (Å²) in [5, 5.41) is 0. The fourth-order valence-electron chi connectivity index (χ4n) is 1.94. The van der Waals surface area contributed by atoms with E-state index < -0.39 is 0 Å². The van der Waals surface area contributed by atoms with E-state index in [2.05, 4.69) is 35.2 Å². The second-order valence-electron chi connectivity index (χ2n) is 4.33. The molecule has 0 amide bonds. The van der Waals surface area contributed by atoms with Gasteiger partial charge in [0.15, 0.2) is 0 Å². The second kappa shape index (κ2) is 8.76. The standard InChI is InChI=1S/C13H20N2.2ClH/c14-9-4-10-15(13-7-8-13)11-12-5-2-1-3-6-12;;/h1-3,5-6,13H,4,7-11,14H2;2*1H. The Morgan fingerprint density at radius 3 is 2.29 bits per heavy atom. The molecule has 1 aliphatic carbocycles. The Morgan fingerprint density at radius 2 is 1.76 bits per heavy atom. The molecule has 17 heavy (non-hydrogen) atoms. The molecule has 4 heteroatoms. The number of halogens is 2. The SMILES string of the molecule is Cl.Cl.NCCCN(Cc1ccccc1)C1CC1. The molecule has 0 atom stereocenters. The van der Waals surface area contributed by atoms with E-state index in [0.29, 0.717) is 0 Å². The molecule has 0 aliphatic heterocycles. The molecular formula is C13H22Cl2N2. The third kappa shape index (κ3) is 5.73. The normalized spacial score (nSPS) is 14.0. The summed E-state index contributed by atoms with van der Waals surface area (Å²) < 4.78 is 0. The predicted octanol–water partition coefficient (Wildman–Crippen LogP) is 2.84. The Morgan fingerprint density at radius 1 is 1.12 bits per heavy atom. The van der Waals surface area contributed by atoms with Crippen molar-refractivity contribution in [2.24, 2.45) is 5.73 Å². The summed E-state index contributed by atoms with van der Waals surface area (Å²) in [6.45, 7) is 3.04. The fourth-order valence-corrected chi connectivity index (χ4v) is 1.94. The molecule has 1 saturated carbocycles. The van der Waals surface area contributed by atoms with Crippen molar-refractivity contribution in [2.75, 3.05) is 13.1 Å². The van der Waals surface area contributed by atoms with Crippen LogP contribution in [-0.4, -0.2) is 24.0 Å². The van der Waals surface area contributed by atoms with Gasteiger partial charge >= 0.3 is 0 Å². The van der Waals surface area contributed by atoms with E-state index in [1.807, 2.05) is 0 Å². The van der Waals surface area contributed by atoms with Gasteiger partial charge in [-0.1, -0.05) is 30.3 Å². The summed E-state index contributed by atoms with van der Waals surface area (Å²) in [4.78, 5) is 2.57.